The Kier molecular flexibility index (Phi) is 2.92. The summed E-state index contributed by atoms with van der Waals surface area (Å²) >= 11 is 1.53. The van der Waals surface area contributed by atoms with Crippen LogP contribution in [-0.4, -0.2) is 10.9 Å². The number of thiazole rings is 1. The SMILES string of the molecule is CCC(NC(=O)C1(C#N)CC1)c1nccs1. The topological polar surface area (TPSA) is 65.8 Å². The van der Waals surface area contributed by atoms with Gasteiger partial charge in [-0.2, -0.15) is 5.26 Å². The Hall–Kier alpha value is -1.41. The van der Waals surface area contributed by atoms with E-state index in [2.05, 4.69) is 16.4 Å². The maximum Gasteiger partial charge on any atom is 0.241 e. The summed E-state index contributed by atoms with van der Waals surface area (Å²) in [6, 6.07) is 2.04. The quantitative estimate of drug-likeness (QED) is 0.868. The van der Waals surface area contributed by atoms with Crippen molar-refractivity contribution in [3.63, 3.8) is 0 Å². The van der Waals surface area contributed by atoms with Crippen LogP contribution in [-0.2, 0) is 4.79 Å². The molecule has 1 aliphatic rings. The fourth-order valence-corrected chi connectivity index (χ4v) is 2.33. The van der Waals surface area contributed by atoms with Gasteiger partial charge in [-0.15, -0.1) is 11.3 Å². The summed E-state index contributed by atoms with van der Waals surface area (Å²) in [4.78, 5) is 16.1. The highest BCUT2D eigenvalue weighted by Crippen LogP contribution is 2.45. The van der Waals surface area contributed by atoms with Crippen molar-refractivity contribution in [2.75, 3.05) is 0 Å². The lowest BCUT2D eigenvalue weighted by Gasteiger charge is -2.16. The molecule has 0 spiro atoms. The predicted octanol–water partition coefficient (Wildman–Crippen LogP) is 2.01. The Morgan fingerprint density at radius 3 is 3.00 bits per heavy atom. The van der Waals surface area contributed by atoms with E-state index in [9.17, 15) is 4.79 Å². The highest BCUT2D eigenvalue weighted by atomic mass is 32.1. The van der Waals surface area contributed by atoms with Crippen molar-refractivity contribution >= 4 is 17.2 Å². The summed E-state index contributed by atoms with van der Waals surface area (Å²) in [6.45, 7) is 2.00. The van der Waals surface area contributed by atoms with Crippen molar-refractivity contribution in [2.24, 2.45) is 5.41 Å². The molecule has 0 bridgehead atoms. The summed E-state index contributed by atoms with van der Waals surface area (Å²) in [5.41, 5.74) is -0.745. The molecule has 1 aromatic rings. The van der Waals surface area contributed by atoms with Gasteiger partial charge in [-0.05, 0) is 19.3 Å². The number of hydrogen-bond donors (Lipinski definition) is 1. The van der Waals surface area contributed by atoms with Crippen molar-refractivity contribution in [1.29, 1.82) is 5.26 Å². The largest absolute Gasteiger partial charge is 0.345 e. The second kappa shape index (κ2) is 4.22. The smallest absolute Gasteiger partial charge is 0.241 e. The number of aromatic nitrogens is 1. The van der Waals surface area contributed by atoms with Crippen LogP contribution in [0, 0.1) is 16.7 Å². The number of hydrogen-bond acceptors (Lipinski definition) is 4. The van der Waals surface area contributed by atoms with Crippen molar-refractivity contribution < 1.29 is 4.79 Å². The van der Waals surface area contributed by atoms with Crippen LogP contribution in [0.4, 0.5) is 0 Å². The molecule has 0 aliphatic heterocycles. The molecule has 2 rings (SSSR count). The predicted molar refractivity (Wildman–Crippen MR) is 60.6 cm³/mol. The minimum absolute atomic E-state index is 0.0571. The Morgan fingerprint density at radius 2 is 2.56 bits per heavy atom. The first kappa shape index (κ1) is 11.1. The first-order chi connectivity index (χ1) is 7.72. The highest BCUT2D eigenvalue weighted by molar-refractivity contribution is 7.09. The summed E-state index contributed by atoms with van der Waals surface area (Å²) in [6.07, 6.45) is 3.89. The van der Waals surface area contributed by atoms with Gasteiger partial charge in [0, 0.05) is 11.6 Å². The fraction of sp³-hybridized carbons (Fsp3) is 0.545. The molecule has 1 aromatic heterocycles. The summed E-state index contributed by atoms with van der Waals surface area (Å²) in [5.74, 6) is -0.142. The Bertz CT molecular complexity index is 417. The van der Waals surface area contributed by atoms with Crippen LogP contribution in [0.1, 0.15) is 37.2 Å². The van der Waals surface area contributed by atoms with E-state index in [0.717, 1.165) is 11.4 Å². The number of carbonyl (C=O) groups is 1. The van der Waals surface area contributed by atoms with Crippen molar-refractivity contribution in [2.45, 2.75) is 32.2 Å². The minimum Gasteiger partial charge on any atom is -0.345 e. The first-order valence-corrected chi connectivity index (χ1v) is 6.21. The van der Waals surface area contributed by atoms with E-state index in [1.54, 1.807) is 6.20 Å². The molecule has 1 saturated carbocycles. The molecule has 1 N–H and O–H groups in total. The van der Waals surface area contributed by atoms with Crippen LogP contribution in [0.5, 0.6) is 0 Å². The third-order valence-corrected chi connectivity index (χ3v) is 3.75. The summed E-state index contributed by atoms with van der Waals surface area (Å²) in [7, 11) is 0. The molecule has 84 valence electrons. The zero-order chi connectivity index (χ0) is 11.6. The average molecular weight is 235 g/mol. The van der Waals surface area contributed by atoms with E-state index in [-0.39, 0.29) is 11.9 Å². The van der Waals surface area contributed by atoms with Gasteiger partial charge in [-0.25, -0.2) is 4.98 Å². The maximum absolute atomic E-state index is 11.9. The van der Waals surface area contributed by atoms with Crippen LogP contribution in [0.2, 0.25) is 0 Å². The van der Waals surface area contributed by atoms with E-state index in [0.29, 0.717) is 12.8 Å². The molecule has 4 nitrogen and oxygen atoms in total. The standard InChI is InChI=1S/C11H13N3OS/c1-2-8(9-13-5-6-16-9)14-10(15)11(7-12)3-4-11/h5-6,8H,2-4H2,1H3,(H,14,15). The molecule has 1 heterocycles. The van der Waals surface area contributed by atoms with Gasteiger partial charge in [0.05, 0.1) is 12.1 Å². The second-order valence-electron chi connectivity index (χ2n) is 4.00. The Labute approximate surface area is 98.3 Å². The molecule has 16 heavy (non-hydrogen) atoms. The second-order valence-corrected chi connectivity index (χ2v) is 4.92. The van der Waals surface area contributed by atoms with Crippen LogP contribution in [0.25, 0.3) is 0 Å². The third-order valence-electron chi connectivity index (χ3n) is 2.86. The van der Waals surface area contributed by atoms with Gasteiger partial charge in [0.25, 0.3) is 0 Å². The molecule has 1 aliphatic carbocycles. The lowest BCUT2D eigenvalue weighted by Crippen LogP contribution is -2.34. The molecule has 1 atom stereocenters. The zero-order valence-corrected chi connectivity index (χ0v) is 9.88. The Morgan fingerprint density at radius 1 is 1.81 bits per heavy atom. The average Bonchev–Trinajstić information content (AvgIpc) is 2.93. The van der Waals surface area contributed by atoms with Gasteiger partial charge in [0.1, 0.15) is 10.4 Å². The molecule has 1 amide bonds. The van der Waals surface area contributed by atoms with E-state index in [1.807, 2.05) is 12.3 Å². The van der Waals surface area contributed by atoms with Gasteiger partial charge in [-0.3, -0.25) is 4.79 Å². The molecule has 1 unspecified atom stereocenters. The highest BCUT2D eigenvalue weighted by Gasteiger charge is 2.51. The summed E-state index contributed by atoms with van der Waals surface area (Å²) in [5, 5.41) is 14.6. The van der Waals surface area contributed by atoms with E-state index in [4.69, 9.17) is 5.26 Å². The number of nitrogens with one attached hydrogen (secondary N) is 1. The molecule has 0 aromatic carbocycles. The number of amides is 1. The molecule has 0 saturated heterocycles. The molecular weight excluding hydrogens is 222 g/mol. The first-order valence-electron chi connectivity index (χ1n) is 5.33. The van der Waals surface area contributed by atoms with Crippen molar-refractivity contribution in [3.05, 3.63) is 16.6 Å². The third kappa shape index (κ3) is 1.93. The van der Waals surface area contributed by atoms with E-state index in [1.165, 1.54) is 11.3 Å². The van der Waals surface area contributed by atoms with E-state index >= 15 is 0 Å². The van der Waals surface area contributed by atoms with Gasteiger partial charge >= 0.3 is 0 Å². The van der Waals surface area contributed by atoms with Crippen LogP contribution >= 0.6 is 11.3 Å². The molecule has 0 radical (unpaired) electrons. The van der Waals surface area contributed by atoms with E-state index < -0.39 is 5.41 Å². The fourth-order valence-electron chi connectivity index (χ4n) is 1.56. The van der Waals surface area contributed by atoms with Crippen LogP contribution in [0.3, 0.4) is 0 Å². The summed E-state index contributed by atoms with van der Waals surface area (Å²) < 4.78 is 0. The van der Waals surface area contributed by atoms with Gasteiger partial charge in [-0.1, -0.05) is 6.92 Å². The number of nitrogens with zero attached hydrogens (tertiary/aromatic N) is 2. The van der Waals surface area contributed by atoms with Crippen LogP contribution in [0.15, 0.2) is 11.6 Å². The van der Waals surface area contributed by atoms with Gasteiger partial charge in [0.2, 0.25) is 5.91 Å². The van der Waals surface area contributed by atoms with Crippen LogP contribution < -0.4 is 5.32 Å². The zero-order valence-electron chi connectivity index (χ0n) is 9.06. The molecule has 5 heteroatoms. The number of nitriles is 1. The number of carbonyl (C=O) groups excluding carboxylic acids is 1. The maximum atomic E-state index is 11.9. The van der Waals surface area contributed by atoms with Gasteiger partial charge in [0.15, 0.2) is 0 Å². The monoisotopic (exact) mass is 235 g/mol. The number of rotatable bonds is 4. The Balaban J connectivity index is 2.04. The molecule has 1 fully saturated rings. The lowest BCUT2D eigenvalue weighted by molar-refractivity contribution is -0.125. The normalized spacial score (nSPS) is 18.5. The lowest BCUT2D eigenvalue weighted by atomic mass is 10.1. The van der Waals surface area contributed by atoms with Crippen molar-refractivity contribution in [3.8, 4) is 6.07 Å². The molecular formula is C11H13N3OS. The minimum atomic E-state index is -0.745. The van der Waals surface area contributed by atoms with Gasteiger partial charge < -0.3 is 5.32 Å². The van der Waals surface area contributed by atoms with Crippen molar-refractivity contribution in [1.82, 2.24) is 10.3 Å².